The number of carbonyl (C=O) groups is 1. The van der Waals surface area contributed by atoms with Crippen LogP contribution in [-0.4, -0.2) is 23.7 Å². The number of aliphatic hydroxyl groups is 1. The van der Waals surface area contributed by atoms with E-state index < -0.39 is 0 Å². The molecule has 2 aromatic carbocycles. The second-order valence-electron chi connectivity index (χ2n) is 5.00. The molecule has 0 heterocycles. The van der Waals surface area contributed by atoms with E-state index >= 15 is 0 Å². The van der Waals surface area contributed by atoms with Crippen molar-refractivity contribution in [3.63, 3.8) is 0 Å². The number of hydrogen-bond acceptors (Lipinski definition) is 2. The molecule has 0 spiro atoms. The Morgan fingerprint density at radius 3 is 2.57 bits per heavy atom. The topological polar surface area (TPSA) is 49.3 Å². The zero-order valence-electron chi connectivity index (χ0n) is 11.8. The Labute approximate surface area is 129 Å². The predicted octanol–water partition coefficient (Wildman–Crippen LogP) is 2.98. The van der Waals surface area contributed by atoms with E-state index in [0.29, 0.717) is 17.0 Å². The van der Waals surface area contributed by atoms with Crippen LogP contribution in [0.1, 0.15) is 21.5 Å². The zero-order valence-corrected chi connectivity index (χ0v) is 12.6. The Hall–Kier alpha value is -1.84. The molecular weight excluding hydrogens is 286 g/mol. The highest BCUT2D eigenvalue weighted by Gasteiger charge is 2.15. The Kier molecular flexibility index (Phi) is 5.37. The van der Waals surface area contributed by atoms with Crippen molar-refractivity contribution in [2.24, 2.45) is 0 Å². The van der Waals surface area contributed by atoms with Gasteiger partial charge in [0, 0.05) is 10.6 Å². The highest BCUT2D eigenvalue weighted by atomic mass is 35.5. The molecule has 0 saturated heterocycles. The summed E-state index contributed by atoms with van der Waals surface area (Å²) in [6, 6.07) is 14.6. The Balaban J connectivity index is 2.06. The van der Waals surface area contributed by atoms with Gasteiger partial charge in [0.15, 0.2) is 0 Å². The van der Waals surface area contributed by atoms with Gasteiger partial charge >= 0.3 is 0 Å². The summed E-state index contributed by atoms with van der Waals surface area (Å²) in [5.41, 5.74) is 2.46. The van der Waals surface area contributed by atoms with E-state index in [1.54, 1.807) is 18.2 Å². The van der Waals surface area contributed by atoms with Gasteiger partial charge in [-0.3, -0.25) is 4.79 Å². The van der Waals surface area contributed by atoms with Gasteiger partial charge in [-0.05, 0) is 42.7 Å². The lowest BCUT2D eigenvalue weighted by atomic mass is 10.0. The fourth-order valence-corrected chi connectivity index (χ4v) is 2.43. The van der Waals surface area contributed by atoms with E-state index in [1.165, 1.54) is 0 Å². The first-order valence-corrected chi connectivity index (χ1v) is 7.19. The molecule has 0 aliphatic rings. The fraction of sp³-hybridized carbons (Fsp3) is 0.235. The minimum atomic E-state index is -0.310. The summed E-state index contributed by atoms with van der Waals surface area (Å²) in [6.07, 6.45) is 0.593. The average Bonchev–Trinajstić information content (AvgIpc) is 2.47. The van der Waals surface area contributed by atoms with Gasteiger partial charge in [0.25, 0.3) is 5.91 Å². The first-order valence-electron chi connectivity index (χ1n) is 6.82. The van der Waals surface area contributed by atoms with E-state index in [1.807, 2.05) is 37.3 Å². The lowest BCUT2D eigenvalue weighted by molar-refractivity contribution is 0.0916. The molecule has 2 N–H and O–H groups in total. The zero-order chi connectivity index (χ0) is 15.2. The first kappa shape index (κ1) is 15.5. The van der Waals surface area contributed by atoms with Crippen molar-refractivity contribution in [1.82, 2.24) is 5.32 Å². The van der Waals surface area contributed by atoms with Crippen LogP contribution < -0.4 is 5.32 Å². The van der Waals surface area contributed by atoms with Crippen molar-refractivity contribution in [3.8, 4) is 0 Å². The summed E-state index contributed by atoms with van der Waals surface area (Å²) in [7, 11) is 0. The molecule has 0 aliphatic carbocycles. The highest BCUT2D eigenvalue weighted by molar-refractivity contribution is 6.30. The van der Waals surface area contributed by atoms with Crippen molar-refractivity contribution in [3.05, 3.63) is 70.2 Å². The normalized spacial score (nSPS) is 12.0. The van der Waals surface area contributed by atoms with Gasteiger partial charge in [0.05, 0.1) is 12.6 Å². The van der Waals surface area contributed by atoms with Gasteiger partial charge in [-0.1, -0.05) is 41.9 Å². The molecule has 2 aromatic rings. The van der Waals surface area contributed by atoms with Gasteiger partial charge in [0.1, 0.15) is 0 Å². The molecule has 110 valence electrons. The quantitative estimate of drug-likeness (QED) is 0.892. The maximum Gasteiger partial charge on any atom is 0.251 e. The van der Waals surface area contributed by atoms with Crippen LogP contribution in [0.5, 0.6) is 0 Å². The molecule has 1 atom stereocenters. The van der Waals surface area contributed by atoms with Crippen molar-refractivity contribution in [2.45, 2.75) is 19.4 Å². The van der Waals surface area contributed by atoms with Gasteiger partial charge < -0.3 is 10.4 Å². The maximum absolute atomic E-state index is 12.3. The predicted molar refractivity (Wildman–Crippen MR) is 84.7 cm³/mol. The lowest BCUT2D eigenvalue weighted by Crippen LogP contribution is -2.39. The van der Waals surface area contributed by atoms with Gasteiger partial charge in [0.2, 0.25) is 0 Å². The molecule has 4 heteroatoms. The van der Waals surface area contributed by atoms with Crippen LogP contribution in [0.15, 0.2) is 48.5 Å². The van der Waals surface area contributed by atoms with E-state index in [-0.39, 0.29) is 18.6 Å². The van der Waals surface area contributed by atoms with Crippen LogP contribution in [0.25, 0.3) is 0 Å². The molecule has 21 heavy (non-hydrogen) atoms. The molecule has 3 nitrogen and oxygen atoms in total. The van der Waals surface area contributed by atoms with E-state index in [2.05, 4.69) is 5.32 Å². The van der Waals surface area contributed by atoms with E-state index in [9.17, 15) is 9.90 Å². The number of rotatable bonds is 5. The number of aliphatic hydroxyl groups excluding tert-OH is 1. The smallest absolute Gasteiger partial charge is 0.251 e. The van der Waals surface area contributed by atoms with Crippen molar-refractivity contribution >= 4 is 17.5 Å². The summed E-state index contributed by atoms with van der Waals surface area (Å²) in [6.45, 7) is 1.74. The van der Waals surface area contributed by atoms with Gasteiger partial charge in [-0.25, -0.2) is 0 Å². The molecular formula is C17H18ClNO2. The van der Waals surface area contributed by atoms with Crippen LogP contribution >= 0.6 is 11.6 Å². The second kappa shape index (κ2) is 7.25. The molecule has 0 aliphatic heterocycles. The molecule has 0 fully saturated rings. The third kappa shape index (κ3) is 4.31. The van der Waals surface area contributed by atoms with Crippen LogP contribution in [0.3, 0.4) is 0 Å². The van der Waals surface area contributed by atoms with Crippen molar-refractivity contribution in [1.29, 1.82) is 0 Å². The molecule has 0 saturated carbocycles. The molecule has 0 radical (unpaired) electrons. The molecule has 2 rings (SSSR count). The second-order valence-corrected chi connectivity index (χ2v) is 5.44. The van der Waals surface area contributed by atoms with Gasteiger partial charge in [-0.2, -0.15) is 0 Å². The summed E-state index contributed by atoms with van der Waals surface area (Å²) in [4.78, 5) is 12.3. The molecule has 1 unspecified atom stereocenters. The monoisotopic (exact) mass is 303 g/mol. The Bertz CT molecular complexity index is 613. The summed E-state index contributed by atoms with van der Waals surface area (Å²) < 4.78 is 0. The number of hydrogen-bond donors (Lipinski definition) is 2. The summed E-state index contributed by atoms with van der Waals surface area (Å²) in [5, 5.41) is 12.9. The van der Waals surface area contributed by atoms with Crippen LogP contribution in [0.2, 0.25) is 5.02 Å². The summed E-state index contributed by atoms with van der Waals surface area (Å²) >= 11 is 5.89. The molecule has 0 aromatic heterocycles. The number of carbonyl (C=O) groups excluding carboxylic acids is 1. The average molecular weight is 304 g/mol. The number of nitrogens with one attached hydrogen (secondary N) is 1. The third-order valence-corrected chi connectivity index (χ3v) is 3.55. The van der Waals surface area contributed by atoms with Crippen molar-refractivity contribution < 1.29 is 9.90 Å². The number of aryl methyl sites for hydroxylation is 1. The van der Waals surface area contributed by atoms with Gasteiger partial charge in [-0.15, -0.1) is 0 Å². The minimum Gasteiger partial charge on any atom is -0.394 e. The van der Waals surface area contributed by atoms with E-state index in [0.717, 1.165) is 11.1 Å². The van der Waals surface area contributed by atoms with Crippen LogP contribution in [-0.2, 0) is 6.42 Å². The number of benzene rings is 2. The van der Waals surface area contributed by atoms with Crippen molar-refractivity contribution in [2.75, 3.05) is 6.61 Å². The van der Waals surface area contributed by atoms with Crippen LogP contribution in [0.4, 0.5) is 0 Å². The Morgan fingerprint density at radius 2 is 1.95 bits per heavy atom. The standard InChI is InChI=1S/C17H18ClNO2/c1-12-9-14(18)7-8-16(12)17(21)19-15(11-20)10-13-5-3-2-4-6-13/h2-9,15,20H,10-11H2,1H3,(H,19,21). The summed E-state index contributed by atoms with van der Waals surface area (Å²) in [5.74, 6) is -0.195. The number of halogens is 1. The first-order chi connectivity index (χ1) is 10.1. The number of amides is 1. The fourth-order valence-electron chi connectivity index (χ4n) is 2.20. The maximum atomic E-state index is 12.3. The van der Waals surface area contributed by atoms with E-state index in [4.69, 9.17) is 11.6 Å². The Morgan fingerprint density at radius 1 is 1.24 bits per heavy atom. The third-order valence-electron chi connectivity index (χ3n) is 3.31. The lowest BCUT2D eigenvalue weighted by Gasteiger charge is -2.17. The largest absolute Gasteiger partial charge is 0.394 e. The SMILES string of the molecule is Cc1cc(Cl)ccc1C(=O)NC(CO)Cc1ccccc1. The van der Waals surface area contributed by atoms with Crippen LogP contribution in [0, 0.1) is 6.92 Å². The minimum absolute atomic E-state index is 0.104. The highest BCUT2D eigenvalue weighted by Crippen LogP contribution is 2.15. The molecule has 1 amide bonds. The molecule has 0 bridgehead atoms.